The van der Waals surface area contributed by atoms with E-state index in [1.807, 2.05) is 12.1 Å². The highest BCUT2D eigenvalue weighted by atomic mass is 16.5. The number of Topliss-reactive ketones (excluding diaryl/α,β-unsaturated/α-hetero) is 1. The number of H-pyrrole nitrogens is 1. The lowest BCUT2D eigenvalue weighted by Gasteiger charge is -2.05. The van der Waals surface area contributed by atoms with Crippen LogP contribution in [0.25, 0.3) is 0 Å². The lowest BCUT2D eigenvalue weighted by atomic mass is 10.1. The van der Waals surface area contributed by atoms with Gasteiger partial charge < -0.3 is 19.5 Å². The summed E-state index contributed by atoms with van der Waals surface area (Å²) in [5.74, 6) is 0.536. The van der Waals surface area contributed by atoms with E-state index in [1.165, 1.54) is 6.92 Å². The molecule has 0 spiro atoms. The molecular weight excluding hydrogens is 296 g/mol. The van der Waals surface area contributed by atoms with Crippen LogP contribution >= 0.6 is 0 Å². The van der Waals surface area contributed by atoms with Crippen molar-refractivity contribution in [2.24, 2.45) is 0 Å². The van der Waals surface area contributed by atoms with Crippen molar-refractivity contribution in [3.05, 3.63) is 46.7 Å². The summed E-state index contributed by atoms with van der Waals surface area (Å²) in [6, 6.07) is 3.67. The van der Waals surface area contributed by atoms with Crippen LogP contribution in [0.2, 0.25) is 0 Å². The summed E-state index contributed by atoms with van der Waals surface area (Å²) in [5, 5.41) is 2.83. The largest absolute Gasteiger partial charge is 0.467 e. The molecule has 0 saturated carbocycles. The van der Waals surface area contributed by atoms with E-state index in [-0.39, 0.29) is 11.7 Å². The van der Waals surface area contributed by atoms with E-state index < -0.39 is 0 Å². The van der Waals surface area contributed by atoms with Crippen molar-refractivity contribution in [2.75, 3.05) is 13.2 Å². The number of aromatic nitrogens is 1. The average molecular weight is 318 g/mol. The second-order valence-corrected chi connectivity index (χ2v) is 5.42. The number of furan rings is 1. The number of ether oxygens (including phenoxy) is 1. The minimum Gasteiger partial charge on any atom is -0.467 e. The van der Waals surface area contributed by atoms with E-state index in [1.54, 1.807) is 20.1 Å². The second-order valence-electron chi connectivity index (χ2n) is 5.42. The van der Waals surface area contributed by atoms with Gasteiger partial charge in [-0.2, -0.15) is 0 Å². The van der Waals surface area contributed by atoms with Gasteiger partial charge >= 0.3 is 0 Å². The van der Waals surface area contributed by atoms with Gasteiger partial charge in [-0.3, -0.25) is 9.59 Å². The van der Waals surface area contributed by atoms with Gasteiger partial charge in [-0.15, -0.1) is 0 Å². The number of aromatic amines is 1. The molecule has 0 saturated heterocycles. The van der Waals surface area contributed by atoms with E-state index in [2.05, 4.69) is 10.3 Å². The Kier molecular flexibility index (Phi) is 5.76. The first-order valence-electron chi connectivity index (χ1n) is 7.59. The fraction of sp³-hybridized carbons (Fsp3) is 0.412. The van der Waals surface area contributed by atoms with Gasteiger partial charge in [-0.1, -0.05) is 0 Å². The molecule has 2 rings (SSSR count). The van der Waals surface area contributed by atoms with Crippen LogP contribution in [0.1, 0.15) is 51.2 Å². The van der Waals surface area contributed by atoms with Gasteiger partial charge in [0.25, 0.3) is 5.91 Å². The molecule has 1 amide bonds. The Hall–Kier alpha value is -2.34. The van der Waals surface area contributed by atoms with Crippen molar-refractivity contribution in [1.82, 2.24) is 10.3 Å². The standard InChI is InChI=1S/C17H22N2O4/c1-11-15(13(3)20)12(2)19-16(11)17(21)18-7-5-8-22-10-14-6-4-9-23-14/h4,6,9,19H,5,7-8,10H2,1-3H3,(H,18,21). The Bertz CT molecular complexity index is 671. The van der Waals surface area contributed by atoms with Crippen molar-refractivity contribution in [3.63, 3.8) is 0 Å². The normalized spacial score (nSPS) is 10.7. The number of carbonyl (C=O) groups is 2. The van der Waals surface area contributed by atoms with E-state index in [9.17, 15) is 9.59 Å². The van der Waals surface area contributed by atoms with E-state index in [0.29, 0.717) is 43.0 Å². The Morgan fingerprint density at radius 2 is 2.13 bits per heavy atom. The zero-order valence-electron chi connectivity index (χ0n) is 13.7. The smallest absolute Gasteiger partial charge is 0.268 e. The van der Waals surface area contributed by atoms with Gasteiger partial charge in [-0.25, -0.2) is 0 Å². The molecule has 2 aromatic rings. The van der Waals surface area contributed by atoms with Gasteiger partial charge in [-0.05, 0) is 44.9 Å². The third-order valence-electron chi connectivity index (χ3n) is 3.59. The number of hydrogen-bond donors (Lipinski definition) is 2. The van der Waals surface area contributed by atoms with Crippen molar-refractivity contribution in [3.8, 4) is 0 Å². The molecule has 0 aliphatic rings. The van der Waals surface area contributed by atoms with Crippen LogP contribution in [0, 0.1) is 13.8 Å². The van der Waals surface area contributed by atoms with E-state index in [4.69, 9.17) is 9.15 Å². The lowest BCUT2D eigenvalue weighted by Crippen LogP contribution is -2.26. The molecule has 124 valence electrons. The van der Waals surface area contributed by atoms with Crippen LogP contribution in [-0.4, -0.2) is 29.8 Å². The highest BCUT2D eigenvalue weighted by molar-refractivity contribution is 6.02. The third kappa shape index (κ3) is 4.32. The van der Waals surface area contributed by atoms with Crippen LogP contribution in [-0.2, 0) is 11.3 Å². The summed E-state index contributed by atoms with van der Waals surface area (Å²) in [4.78, 5) is 26.7. The summed E-state index contributed by atoms with van der Waals surface area (Å²) in [6.07, 6.45) is 2.31. The molecule has 6 heteroatoms. The molecule has 0 aromatic carbocycles. The fourth-order valence-electron chi connectivity index (χ4n) is 2.54. The Labute approximate surface area is 135 Å². The molecule has 0 unspecified atom stereocenters. The number of nitrogens with one attached hydrogen (secondary N) is 2. The number of carbonyl (C=O) groups excluding carboxylic acids is 2. The number of aryl methyl sites for hydroxylation is 1. The SMILES string of the molecule is CC(=O)c1c(C)[nH]c(C(=O)NCCCOCc2ccco2)c1C. The third-order valence-corrected chi connectivity index (χ3v) is 3.59. The molecule has 6 nitrogen and oxygen atoms in total. The predicted molar refractivity (Wildman–Crippen MR) is 85.6 cm³/mol. The van der Waals surface area contributed by atoms with Crippen molar-refractivity contribution >= 4 is 11.7 Å². The van der Waals surface area contributed by atoms with Crippen LogP contribution in [0.5, 0.6) is 0 Å². The number of amides is 1. The van der Waals surface area contributed by atoms with Crippen molar-refractivity contribution < 1.29 is 18.7 Å². The first kappa shape index (κ1) is 17.0. The van der Waals surface area contributed by atoms with Crippen molar-refractivity contribution in [1.29, 1.82) is 0 Å². The minimum absolute atomic E-state index is 0.0402. The molecule has 2 heterocycles. The number of rotatable bonds is 8. The summed E-state index contributed by atoms with van der Waals surface area (Å²) in [5.41, 5.74) is 2.46. The molecule has 0 aliphatic heterocycles. The predicted octanol–water partition coefficient (Wildman–Crippen LogP) is 2.76. The molecule has 2 N–H and O–H groups in total. The van der Waals surface area contributed by atoms with Crippen LogP contribution in [0.3, 0.4) is 0 Å². The van der Waals surface area contributed by atoms with Crippen LogP contribution in [0.15, 0.2) is 22.8 Å². The molecule has 0 radical (unpaired) electrons. The maximum absolute atomic E-state index is 12.2. The monoisotopic (exact) mass is 318 g/mol. The number of ketones is 1. The van der Waals surface area contributed by atoms with Gasteiger partial charge in [0.15, 0.2) is 5.78 Å². The van der Waals surface area contributed by atoms with Gasteiger partial charge in [0.1, 0.15) is 18.1 Å². The van der Waals surface area contributed by atoms with E-state index in [0.717, 1.165) is 11.5 Å². The van der Waals surface area contributed by atoms with Crippen molar-refractivity contribution in [2.45, 2.75) is 33.8 Å². The summed E-state index contributed by atoms with van der Waals surface area (Å²) in [7, 11) is 0. The quantitative estimate of drug-likeness (QED) is 0.579. The Balaban J connectivity index is 1.75. The zero-order chi connectivity index (χ0) is 16.8. The fourth-order valence-corrected chi connectivity index (χ4v) is 2.54. The van der Waals surface area contributed by atoms with Crippen LogP contribution in [0.4, 0.5) is 0 Å². The summed E-state index contributed by atoms with van der Waals surface area (Å²) >= 11 is 0. The molecule has 2 aromatic heterocycles. The van der Waals surface area contributed by atoms with Gasteiger partial charge in [0.05, 0.1) is 6.26 Å². The Morgan fingerprint density at radius 1 is 1.35 bits per heavy atom. The molecule has 0 fully saturated rings. The Morgan fingerprint density at radius 3 is 2.74 bits per heavy atom. The second kappa shape index (κ2) is 7.78. The number of hydrogen-bond acceptors (Lipinski definition) is 4. The van der Waals surface area contributed by atoms with Crippen LogP contribution < -0.4 is 5.32 Å². The topological polar surface area (TPSA) is 84.3 Å². The molecule has 23 heavy (non-hydrogen) atoms. The van der Waals surface area contributed by atoms with Gasteiger partial charge in [0, 0.05) is 24.4 Å². The molecule has 0 bridgehead atoms. The highest BCUT2D eigenvalue weighted by Gasteiger charge is 2.19. The van der Waals surface area contributed by atoms with Gasteiger partial charge in [0.2, 0.25) is 0 Å². The first-order chi connectivity index (χ1) is 11.0. The summed E-state index contributed by atoms with van der Waals surface area (Å²) < 4.78 is 10.6. The highest BCUT2D eigenvalue weighted by Crippen LogP contribution is 2.18. The zero-order valence-corrected chi connectivity index (χ0v) is 13.7. The van der Waals surface area contributed by atoms with E-state index >= 15 is 0 Å². The lowest BCUT2D eigenvalue weighted by molar-refractivity contribution is 0.0912. The summed E-state index contributed by atoms with van der Waals surface area (Å²) in [6.45, 7) is 6.54. The average Bonchev–Trinajstić information content (AvgIpc) is 3.10. The maximum atomic E-state index is 12.2. The molecular formula is C17H22N2O4. The molecule has 0 atom stereocenters. The first-order valence-corrected chi connectivity index (χ1v) is 7.59. The maximum Gasteiger partial charge on any atom is 0.268 e. The minimum atomic E-state index is -0.205. The molecule has 0 aliphatic carbocycles.